The Hall–Kier alpha value is -3.34. The largest absolute Gasteiger partial charge is 0.513 e. The van der Waals surface area contributed by atoms with Crippen LogP contribution in [0.15, 0.2) is 18.2 Å². The first-order valence-corrected chi connectivity index (χ1v) is 12.7. The van der Waals surface area contributed by atoms with Crippen molar-refractivity contribution in [1.29, 1.82) is 0 Å². The van der Waals surface area contributed by atoms with E-state index >= 15 is 0 Å². The van der Waals surface area contributed by atoms with E-state index in [1.165, 1.54) is 18.2 Å². The first-order valence-electron chi connectivity index (χ1n) is 12.7. The third kappa shape index (κ3) is 12.3. The summed E-state index contributed by atoms with van der Waals surface area (Å²) in [5, 5.41) is 9.62. The summed E-state index contributed by atoms with van der Waals surface area (Å²) in [7, 11) is 0. The fourth-order valence-corrected chi connectivity index (χ4v) is 3.30. The summed E-state index contributed by atoms with van der Waals surface area (Å²) in [6.45, 7) is 13.0. The molecule has 0 saturated heterocycles. The summed E-state index contributed by atoms with van der Waals surface area (Å²) < 4.78 is 26.1. The maximum absolute atomic E-state index is 12.3. The van der Waals surface area contributed by atoms with Crippen LogP contribution in [0.3, 0.4) is 0 Å². The normalized spacial score (nSPS) is 13.6. The number of carboxylic acids is 1. The van der Waals surface area contributed by atoms with Crippen LogP contribution in [0.5, 0.6) is 11.5 Å². The maximum atomic E-state index is 12.3. The number of ether oxygens (including phenoxy) is 5. The number of hydrogen-bond acceptors (Lipinski definition) is 10. The number of rotatable bonds is 14. The van der Waals surface area contributed by atoms with Gasteiger partial charge >= 0.3 is 24.2 Å². The molecule has 3 atom stereocenters. The topological polar surface area (TPSA) is 161 Å². The van der Waals surface area contributed by atoms with Crippen LogP contribution in [0.25, 0.3) is 0 Å². The van der Waals surface area contributed by atoms with Crippen LogP contribution >= 0.6 is 0 Å². The van der Waals surface area contributed by atoms with Crippen LogP contribution in [0.4, 0.5) is 9.59 Å². The lowest BCUT2D eigenvalue weighted by atomic mass is 9.87. The van der Waals surface area contributed by atoms with Gasteiger partial charge in [0.15, 0.2) is 11.5 Å². The van der Waals surface area contributed by atoms with Gasteiger partial charge < -0.3 is 34.5 Å². The van der Waals surface area contributed by atoms with Gasteiger partial charge in [-0.15, -0.1) is 0 Å². The minimum Gasteiger partial charge on any atom is -0.480 e. The Labute approximate surface area is 223 Å². The standard InChI is InChI=1S/C27H41NO10/c1-15(2)10-23(29)36-18(7)11-20(24(28)25(30)31)19-8-9-21(37-26(32)34-13-16(3)4)22(12-19)38-27(33)35-14-17(5)6/h8-9,12,15-18,20,24H,10-11,13-14,28H2,1-7H3,(H,30,31)/t18?,20?,24-/m0/s1. The lowest BCUT2D eigenvalue weighted by Gasteiger charge is -2.25. The fourth-order valence-electron chi connectivity index (χ4n) is 3.30. The molecule has 0 spiro atoms. The zero-order valence-corrected chi connectivity index (χ0v) is 23.2. The van der Waals surface area contributed by atoms with Crippen LogP contribution in [-0.2, 0) is 23.8 Å². The number of carbonyl (C=O) groups is 4. The van der Waals surface area contributed by atoms with Crippen molar-refractivity contribution in [1.82, 2.24) is 0 Å². The summed E-state index contributed by atoms with van der Waals surface area (Å²) in [4.78, 5) is 48.3. The van der Waals surface area contributed by atoms with Gasteiger partial charge in [0.05, 0.1) is 19.3 Å². The molecule has 3 N–H and O–H groups in total. The van der Waals surface area contributed by atoms with E-state index in [1.54, 1.807) is 6.92 Å². The number of carboxylic acid groups (broad SMARTS) is 1. The fraction of sp³-hybridized carbons (Fsp3) is 0.630. The maximum Gasteiger partial charge on any atom is 0.513 e. The molecule has 0 aliphatic rings. The molecule has 214 valence electrons. The SMILES string of the molecule is CC(C)COC(=O)Oc1ccc(C(CC(C)OC(=O)CC(C)C)[C@H](N)C(=O)O)cc1OC(=O)OCC(C)C. The first-order chi connectivity index (χ1) is 17.7. The van der Waals surface area contributed by atoms with E-state index in [0.717, 1.165) is 0 Å². The quantitative estimate of drug-likeness (QED) is 0.188. The number of benzene rings is 1. The highest BCUT2D eigenvalue weighted by molar-refractivity contribution is 5.75. The second-order valence-corrected chi connectivity index (χ2v) is 10.4. The molecular weight excluding hydrogens is 498 g/mol. The monoisotopic (exact) mass is 539 g/mol. The number of nitrogens with two attached hydrogens (primary N) is 1. The lowest BCUT2D eigenvalue weighted by Crippen LogP contribution is -2.38. The number of esters is 1. The Balaban J connectivity index is 3.29. The van der Waals surface area contributed by atoms with E-state index in [-0.39, 0.29) is 55.3 Å². The van der Waals surface area contributed by atoms with E-state index in [9.17, 15) is 24.3 Å². The van der Waals surface area contributed by atoms with Crippen molar-refractivity contribution < 1.29 is 48.0 Å². The molecule has 1 aromatic rings. The number of hydrogen-bond donors (Lipinski definition) is 2. The Morgan fingerprint density at radius 1 is 0.816 bits per heavy atom. The van der Waals surface area contributed by atoms with Crippen molar-refractivity contribution >= 4 is 24.2 Å². The Kier molecular flexibility index (Phi) is 13.6. The first kappa shape index (κ1) is 32.7. The van der Waals surface area contributed by atoms with E-state index in [0.29, 0.717) is 5.56 Å². The molecule has 1 rings (SSSR count). The van der Waals surface area contributed by atoms with Gasteiger partial charge in [0.2, 0.25) is 0 Å². The minimum atomic E-state index is -1.37. The summed E-state index contributed by atoms with van der Waals surface area (Å²) >= 11 is 0. The van der Waals surface area contributed by atoms with Crippen molar-refractivity contribution in [3.63, 3.8) is 0 Å². The van der Waals surface area contributed by atoms with Crippen LogP contribution in [0, 0.1) is 17.8 Å². The molecule has 11 heteroatoms. The molecule has 1 aromatic carbocycles. The molecule has 0 amide bonds. The van der Waals surface area contributed by atoms with Crippen molar-refractivity contribution in [2.24, 2.45) is 23.5 Å². The summed E-state index contributed by atoms with van der Waals surface area (Å²) in [5.41, 5.74) is 6.36. The number of carbonyl (C=O) groups excluding carboxylic acids is 3. The predicted molar refractivity (Wildman–Crippen MR) is 138 cm³/mol. The molecule has 0 bridgehead atoms. The highest BCUT2D eigenvalue weighted by atomic mass is 16.7. The average molecular weight is 540 g/mol. The van der Waals surface area contributed by atoms with Crippen molar-refractivity contribution in [3.05, 3.63) is 23.8 Å². The van der Waals surface area contributed by atoms with Crippen molar-refractivity contribution in [3.8, 4) is 11.5 Å². The molecule has 0 aromatic heterocycles. The van der Waals surface area contributed by atoms with Gasteiger partial charge in [0.25, 0.3) is 0 Å². The van der Waals surface area contributed by atoms with Gasteiger partial charge in [-0.05, 0) is 48.8 Å². The van der Waals surface area contributed by atoms with Gasteiger partial charge in [-0.1, -0.05) is 47.6 Å². The van der Waals surface area contributed by atoms with Gasteiger partial charge in [-0.25, -0.2) is 9.59 Å². The van der Waals surface area contributed by atoms with Gasteiger partial charge in [0, 0.05) is 12.3 Å². The van der Waals surface area contributed by atoms with Gasteiger partial charge in [0.1, 0.15) is 6.04 Å². The average Bonchev–Trinajstić information content (AvgIpc) is 2.79. The van der Waals surface area contributed by atoms with Crippen LogP contribution < -0.4 is 15.2 Å². The van der Waals surface area contributed by atoms with Crippen LogP contribution in [0.2, 0.25) is 0 Å². The summed E-state index contributed by atoms with van der Waals surface area (Å²) in [6.07, 6.45) is -2.40. The smallest absolute Gasteiger partial charge is 0.480 e. The van der Waals surface area contributed by atoms with Gasteiger partial charge in [-0.3, -0.25) is 9.59 Å². The molecule has 0 fully saturated rings. The van der Waals surface area contributed by atoms with Crippen molar-refractivity contribution in [2.45, 2.75) is 79.4 Å². The molecule has 0 aliphatic carbocycles. The van der Waals surface area contributed by atoms with Crippen molar-refractivity contribution in [2.75, 3.05) is 13.2 Å². The Morgan fingerprint density at radius 2 is 1.34 bits per heavy atom. The number of aliphatic carboxylic acids is 1. The second kappa shape index (κ2) is 15.8. The minimum absolute atomic E-state index is 0.0495. The molecule has 0 heterocycles. The van der Waals surface area contributed by atoms with E-state index in [4.69, 9.17) is 29.4 Å². The molecule has 2 unspecified atom stereocenters. The third-order valence-electron chi connectivity index (χ3n) is 5.06. The summed E-state index contributed by atoms with van der Waals surface area (Å²) in [5.74, 6) is -2.63. The van der Waals surface area contributed by atoms with Crippen LogP contribution in [0.1, 0.15) is 72.8 Å². The zero-order valence-electron chi connectivity index (χ0n) is 23.2. The molecular formula is C27H41NO10. The molecule has 0 radical (unpaired) electrons. The van der Waals surface area contributed by atoms with E-state index in [2.05, 4.69) is 0 Å². The third-order valence-corrected chi connectivity index (χ3v) is 5.06. The Morgan fingerprint density at radius 3 is 1.82 bits per heavy atom. The molecule has 38 heavy (non-hydrogen) atoms. The van der Waals surface area contributed by atoms with E-state index < -0.39 is 42.3 Å². The van der Waals surface area contributed by atoms with Crippen LogP contribution in [-0.4, -0.2) is 54.7 Å². The highest BCUT2D eigenvalue weighted by Crippen LogP contribution is 2.35. The molecule has 11 nitrogen and oxygen atoms in total. The van der Waals surface area contributed by atoms with E-state index in [1.807, 2.05) is 41.5 Å². The zero-order chi connectivity index (χ0) is 29.0. The highest BCUT2D eigenvalue weighted by Gasteiger charge is 2.30. The molecule has 0 aliphatic heterocycles. The lowest BCUT2D eigenvalue weighted by molar-refractivity contribution is -0.149. The summed E-state index contributed by atoms with van der Waals surface area (Å²) in [6, 6.07) is 2.81. The second-order valence-electron chi connectivity index (χ2n) is 10.4. The van der Waals surface area contributed by atoms with Gasteiger partial charge in [-0.2, -0.15) is 0 Å². The molecule has 0 saturated carbocycles. The predicted octanol–water partition coefficient (Wildman–Crippen LogP) is 4.89. The Bertz CT molecular complexity index is 944.